The Labute approximate surface area is 112 Å². The first-order chi connectivity index (χ1) is 8.76. The molecule has 0 radical (unpaired) electrons. The summed E-state index contributed by atoms with van der Waals surface area (Å²) in [5.41, 5.74) is 1.43. The molecule has 1 rings (SSSR count). The van der Waals surface area contributed by atoms with E-state index in [1.807, 2.05) is 0 Å². The fraction of sp³-hybridized carbons (Fsp3) is 0.625. The number of hydrogen-bond donors (Lipinski definition) is 1. The molecule has 2 nitrogen and oxygen atoms in total. The van der Waals surface area contributed by atoms with Gasteiger partial charge in [-0.2, -0.15) is 0 Å². The van der Waals surface area contributed by atoms with E-state index in [1.54, 1.807) is 7.11 Å². The lowest BCUT2D eigenvalue weighted by atomic mass is 10.0. The summed E-state index contributed by atoms with van der Waals surface area (Å²) in [5.74, 6) is 0. The summed E-state index contributed by atoms with van der Waals surface area (Å²) in [5, 5.41) is 3.58. The fourth-order valence-corrected chi connectivity index (χ4v) is 2.18. The van der Waals surface area contributed by atoms with Crippen LogP contribution in [0.5, 0.6) is 0 Å². The van der Waals surface area contributed by atoms with Gasteiger partial charge < -0.3 is 10.1 Å². The van der Waals surface area contributed by atoms with Crippen molar-refractivity contribution in [2.75, 3.05) is 13.7 Å². The summed E-state index contributed by atoms with van der Waals surface area (Å²) in [6.45, 7) is 5.36. The summed E-state index contributed by atoms with van der Waals surface area (Å²) in [6.07, 6.45) is 5.04. The van der Waals surface area contributed by atoms with Crippen LogP contribution in [0, 0.1) is 0 Å². The van der Waals surface area contributed by atoms with Crippen LogP contribution >= 0.6 is 0 Å². The van der Waals surface area contributed by atoms with Gasteiger partial charge >= 0.3 is 0 Å². The summed E-state index contributed by atoms with van der Waals surface area (Å²) < 4.78 is 5.31. The zero-order valence-corrected chi connectivity index (χ0v) is 12.0. The molecule has 0 aliphatic heterocycles. The number of methoxy groups -OCH3 is 1. The van der Waals surface area contributed by atoms with Gasteiger partial charge in [0.1, 0.15) is 0 Å². The summed E-state index contributed by atoms with van der Waals surface area (Å²) in [4.78, 5) is 0. The lowest BCUT2D eigenvalue weighted by molar-refractivity contribution is 0.106. The maximum absolute atomic E-state index is 5.31. The largest absolute Gasteiger partial charge is 0.382 e. The normalized spacial score (nSPS) is 14.4. The van der Waals surface area contributed by atoms with Crippen molar-refractivity contribution in [2.24, 2.45) is 0 Å². The monoisotopic (exact) mass is 249 g/mol. The lowest BCUT2D eigenvalue weighted by Gasteiger charge is -2.19. The van der Waals surface area contributed by atoms with Gasteiger partial charge in [0.25, 0.3) is 0 Å². The molecule has 2 unspecified atom stereocenters. The van der Waals surface area contributed by atoms with Crippen LogP contribution in [0.4, 0.5) is 0 Å². The first kappa shape index (κ1) is 15.2. The maximum atomic E-state index is 5.31. The van der Waals surface area contributed by atoms with Crippen LogP contribution in [0.1, 0.15) is 38.7 Å². The van der Waals surface area contributed by atoms with E-state index in [9.17, 15) is 0 Å². The standard InChI is InChI=1S/C16H27NO/c1-4-17-16(12-10-14(2)18-3)13-11-15-8-6-5-7-9-15/h5-9,14,16-17H,4,10-13H2,1-3H3. The van der Waals surface area contributed by atoms with E-state index in [0.29, 0.717) is 12.1 Å². The number of hydrogen-bond acceptors (Lipinski definition) is 2. The predicted molar refractivity (Wildman–Crippen MR) is 77.9 cm³/mol. The first-order valence-corrected chi connectivity index (χ1v) is 7.06. The molecule has 2 heteroatoms. The molecule has 0 saturated carbocycles. The minimum Gasteiger partial charge on any atom is -0.382 e. The Kier molecular flexibility index (Phi) is 7.70. The average Bonchev–Trinajstić information content (AvgIpc) is 2.42. The van der Waals surface area contributed by atoms with Gasteiger partial charge in [-0.25, -0.2) is 0 Å². The minimum atomic E-state index is 0.364. The molecule has 0 amide bonds. The second kappa shape index (κ2) is 9.12. The summed E-state index contributed by atoms with van der Waals surface area (Å²) in [7, 11) is 1.79. The summed E-state index contributed by atoms with van der Waals surface area (Å²) >= 11 is 0. The van der Waals surface area contributed by atoms with E-state index in [0.717, 1.165) is 19.4 Å². The van der Waals surface area contributed by atoms with Crippen LogP contribution in [0.25, 0.3) is 0 Å². The van der Waals surface area contributed by atoms with Gasteiger partial charge in [0.05, 0.1) is 6.10 Å². The van der Waals surface area contributed by atoms with Crippen molar-refractivity contribution in [1.29, 1.82) is 0 Å². The van der Waals surface area contributed by atoms with Crippen LogP contribution < -0.4 is 5.32 Å². The third-order valence-electron chi connectivity index (χ3n) is 3.44. The van der Waals surface area contributed by atoms with Gasteiger partial charge in [0, 0.05) is 13.2 Å². The van der Waals surface area contributed by atoms with E-state index in [1.165, 1.54) is 18.4 Å². The maximum Gasteiger partial charge on any atom is 0.0543 e. The molecule has 0 aliphatic carbocycles. The molecule has 18 heavy (non-hydrogen) atoms. The molecule has 102 valence electrons. The molecule has 0 aliphatic rings. The van der Waals surface area contributed by atoms with Gasteiger partial charge in [-0.05, 0) is 44.7 Å². The molecule has 1 aromatic carbocycles. The van der Waals surface area contributed by atoms with Crippen LogP contribution in [-0.2, 0) is 11.2 Å². The Bertz CT molecular complexity index is 299. The number of rotatable bonds is 9. The SMILES string of the molecule is CCNC(CCc1ccccc1)CCC(C)OC. The first-order valence-electron chi connectivity index (χ1n) is 7.06. The van der Waals surface area contributed by atoms with Crippen molar-refractivity contribution in [3.63, 3.8) is 0 Å². The third-order valence-corrected chi connectivity index (χ3v) is 3.44. The second-order valence-electron chi connectivity index (χ2n) is 4.90. The van der Waals surface area contributed by atoms with Gasteiger partial charge in [-0.15, -0.1) is 0 Å². The zero-order valence-electron chi connectivity index (χ0n) is 12.0. The highest BCUT2D eigenvalue weighted by Crippen LogP contribution is 2.11. The molecule has 0 aromatic heterocycles. The van der Waals surface area contributed by atoms with E-state index < -0.39 is 0 Å². The molecule has 0 spiro atoms. The van der Waals surface area contributed by atoms with Crippen molar-refractivity contribution in [3.05, 3.63) is 35.9 Å². The Hall–Kier alpha value is -0.860. The van der Waals surface area contributed by atoms with Gasteiger partial charge in [-0.3, -0.25) is 0 Å². The molecular formula is C16H27NO. The highest BCUT2D eigenvalue weighted by atomic mass is 16.5. The molecule has 1 N–H and O–H groups in total. The highest BCUT2D eigenvalue weighted by molar-refractivity contribution is 5.14. The van der Waals surface area contributed by atoms with Gasteiger partial charge in [0.15, 0.2) is 0 Å². The van der Waals surface area contributed by atoms with Crippen molar-refractivity contribution in [3.8, 4) is 0 Å². The van der Waals surface area contributed by atoms with E-state index >= 15 is 0 Å². The Morgan fingerprint density at radius 1 is 1.11 bits per heavy atom. The Morgan fingerprint density at radius 2 is 1.83 bits per heavy atom. The van der Waals surface area contributed by atoms with E-state index in [-0.39, 0.29) is 0 Å². The number of ether oxygens (including phenoxy) is 1. The van der Waals surface area contributed by atoms with Crippen LogP contribution in [0.15, 0.2) is 30.3 Å². The quantitative estimate of drug-likeness (QED) is 0.724. The van der Waals surface area contributed by atoms with E-state index in [2.05, 4.69) is 49.5 Å². The van der Waals surface area contributed by atoms with E-state index in [4.69, 9.17) is 4.74 Å². The number of nitrogens with one attached hydrogen (secondary N) is 1. The molecule has 1 aromatic rings. The molecule has 0 saturated heterocycles. The molecule has 0 bridgehead atoms. The van der Waals surface area contributed by atoms with Crippen LogP contribution in [-0.4, -0.2) is 25.8 Å². The van der Waals surface area contributed by atoms with Crippen LogP contribution in [0.2, 0.25) is 0 Å². The van der Waals surface area contributed by atoms with Crippen molar-refractivity contribution in [1.82, 2.24) is 5.32 Å². The number of benzene rings is 1. The Morgan fingerprint density at radius 3 is 2.44 bits per heavy atom. The minimum absolute atomic E-state index is 0.364. The topological polar surface area (TPSA) is 21.3 Å². The van der Waals surface area contributed by atoms with Crippen molar-refractivity contribution < 1.29 is 4.74 Å². The molecule has 2 atom stereocenters. The average molecular weight is 249 g/mol. The van der Waals surface area contributed by atoms with Crippen molar-refractivity contribution in [2.45, 2.75) is 51.7 Å². The van der Waals surface area contributed by atoms with Crippen LogP contribution in [0.3, 0.4) is 0 Å². The Balaban J connectivity index is 2.33. The molecule has 0 heterocycles. The lowest BCUT2D eigenvalue weighted by Crippen LogP contribution is -2.30. The third kappa shape index (κ3) is 6.18. The van der Waals surface area contributed by atoms with Gasteiger partial charge in [-0.1, -0.05) is 37.3 Å². The second-order valence-corrected chi connectivity index (χ2v) is 4.90. The molecular weight excluding hydrogens is 222 g/mol. The predicted octanol–water partition coefficient (Wildman–Crippen LogP) is 3.41. The highest BCUT2D eigenvalue weighted by Gasteiger charge is 2.09. The summed E-state index contributed by atoms with van der Waals surface area (Å²) in [6, 6.07) is 11.3. The fourth-order valence-electron chi connectivity index (χ4n) is 2.18. The smallest absolute Gasteiger partial charge is 0.0543 e. The van der Waals surface area contributed by atoms with Gasteiger partial charge in [0.2, 0.25) is 0 Å². The zero-order chi connectivity index (χ0) is 13.2. The number of aryl methyl sites for hydroxylation is 1. The molecule has 0 fully saturated rings. The van der Waals surface area contributed by atoms with Crippen molar-refractivity contribution >= 4 is 0 Å².